The van der Waals surface area contributed by atoms with Crippen molar-refractivity contribution in [3.05, 3.63) is 12.2 Å². The van der Waals surface area contributed by atoms with E-state index in [1.165, 1.54) is 0 Å². The van der Waals surface area contributed by atoms with Crippen LogP contribution in [0.4, 0.5) is 9.59 Å². The second kappa shape index (κ2) is 8.47. The number of carbonyl (C=O) groups is 4. The average molecular weight is 342 g/mol. The summed E-state index contributed by atoms with van der Waals surface area (Å²) in [4.78, 5) is 46.4. The van der Waals surface area contributed by atoms with Gasteiger partial charge in [0.2, 0.25) is 0 Å². The summed E-state index contributed by atoms with van der Waals surface area (Å²) in [5.41, 5.74) is -1.73. The third kappa shape index (κ3) is 10.4. The molecule has 8 heteroatoms. The molecular formula is C16H26N2O6. The molecule has 0 aromatic heterocycles. The number of hydrogen-bond donors (Lipinski definition) is 2. The van der Waals surface area contributed by atoms with E-state index in [0.717, 1.165) is 0 Å². The maximum Gasteiger partial charge on any atom is 0.408 e. The first-order valence-corrected chi connectivity index (χ1v) is 7.40. The van der Waals surface area contributed by atoms with E-state index in [-0.39, 0.29) is 5.57 Å². The van der Waals surface area contributed by atoms with E-state index >= 15 is 0 Å². The lowest BCUT2D eigenvalue weighted by molar-refractivity contribution is -0.120. The second-order valence-electron chi connectivity index (χ2n) is 7.04. The van der Waals surface area contributed by atoms with Gasteiger partial charge in [-0.25, -0.2) is 9.59 Å². The molecular weight excluding hydrogens is 316 g/mol. The first-order chi connectivity index (χ1) is 10.7. The van der Waals surface area contributed by atoms with Gasteiger partial charge in [0, 0.05) is 0 Å². The van der Waals surface area contributed by atoms with Crippen LogP contribution in [0, 0.1) is 0 Å². The minimum absolute atomic E-state index is 0.331. The molecule has 8 nitrogen and oxygen atoms in total. The van der Waals surface area contributed by atoms with E-state index in [1.807, 2.05) is 0 Å². The highest BCUT2D eigenvalue weighted by atomic mass is 16.6. The van der Waals surface area contributed by atoms with Gasteiger partial charge in [-0.3, -0.25) is 9.59 Å². The van der Waals surface area contributed by atoms with Gasteiger partial charge in [-0.15, -0.1) is 0 Å². The summed E-state index contributed by atoms with van der Waals surface area (Å²) >= 11 is 0. The quantitative estimate of drug-likeness (QED) is 0.432. The molecule has 0 heterocycles. The topological polar surface area (TPSA) is 111 Å². The Balaban J connectivity index is 4.29. The Morgan fingerprint density at radius 2 is 1.04 bits per heavy atom. The molecule has 0 aliphatic carbocycles. The summed E-state index contributed by atoms with van der Waals surface area (Å²) < 4.78 is 9.93. The summed E-state index contributed by atoms with van der Waals surface area (Å²) in [6.45, 7) is 12.6. The number of alkyl carbamates (subject to hydrolysis) is 2. The Bertz CT molecular complexity index is 480. The Kier molecular flexibility index (Phi) is 7.63. The van der Waals surface area contributed by atoms with E-state index in [1.54, 1.807) is 41.5 Å². The molecule has 0 unspecified atom stereocenters. The minimum Gasteiger partial charge on any atom is -0.444 e. The lowest BCUT2D eigenvalue weighted by Crippen LogP contribution is -2.39. The fourth-order valence-corrected chi connectivity index (χ4v) is 1.30. The van der Waals surface area contributed by atoms with Crippen molar-refractivity contribution in [2.45, 2.75) is 52.7 Å². The molecule has 0 aromatic carbocycles. The first kappa shape index (κ1) is 21.6. The SMILES string of the molecule is C=C(C(=O)CNC(=O)OC(C)(C)C)C(=O)CNC(=O)OC(C)(C)C. The molecule has 0 radical (unpaired) electrons. The van der Waals surface area contributed by atoms with Crippen molar-refractivity contribution < 1.29 is 28.7 Å². The second-order valence-corrected chi connectivity index (χ2v) is 7.04. The fraction of sp³-hybridized carbons (Fsp3) is 0.625. The van der Waals surface area contributed by atoms with Crippen LogP contribution in [0.5, 0.6) is 0 Å². The Morgan fingerprint density at radius 1 is 0.750 bits per heavy atom. The molecule has 0 atom stereocenters. The van der Waals surface area contributed by atoms with Gasteiger partial charge in [0.05, 0.1) is 18.7 Å². The third-order valence-electron chi connectivity index (χ3n) is 2.26. The summed E-state index contributed by atoms with van der Waals surface area (Å²) in [7, 11) is 0. The van der Waals surface area contributed by atoms with Crippen LogP contribution in [0.1, 0.15) is 41.5 Å². The fourth-order valence-electron chi connectivity index (χ4n) is 1.30. The summed E-state index contributed by atoms with van der Waals surface area (Å²) in [6.07, 6.45) is -1.55. The lowest BCUT2D eigenvalue weighted by atomic mass is 10.1. The number of amides is 2. The number of ketones is 2. The lowest BCUT2D eigenvalue weighted by Gasteiger charge is -2.20. The molecule has 2 amide bonds. The van der Waals surface area contributed by atoms with Crippen molar-refractivity contribution in [1.29, 1.82) is 0 Å². The van der Waals surface area contributed by atoms with Gasteiger partial charge in [-0.1, -0.05) is 6.58 Å². The van der Waals surface area contributed by atoms with Gasteiger partial charge >= 0.3 is 12.2 Å². The molecule has 0 bridgehead atoms. The monoisotopic (exact) mass is 342 g/mol. The summed E-state index contributed by atoms with van der Waals surface area (Å²) in [5.74, 6) is -1.34. The zero-order chi connectivity index (χ0) is 19.1. The van der Waals surface area contributed by atoms with Crippen molar-refractivity contribution >= 4 is 23.8 Å². The van der Waals surface area contributed by atoms with Crippen LogP contribution in [-0.4, -0.2) is 48.0 Å². The maximum atomic E-state index is 11.8. The van der Waals surface area contributed by atoms with Gasteiger partial charge in [-0.2, -0.15) is 0 Å². The van der Waals surface area contributed by atoms with Crippen LogP contribution in [0.2, 0.25) is 0 Å². The van der Waals surface area contributed by atoms with Crippen LogP contribution in [0.25, 0.3) is 0 Å². The van der Waals surface area contributed by atoms with Gasteiger partial charge in [0.15, 0.2) is 11.6 Å². The Labute approximate surface area is 141 Å². The predicted molar refractivity (Wildman–Crippen MR) is 87.6 cm³/mol. The number of carbonyl (C=O) groups excluding carboxylic acids is 4. The number of nitrogens with one attached hydrogen (secondary N) is 2. The third-order valence-corrected chi connectivity index (χ3v) is 2.26. The molecule has 0 fully saturated rings. The van der Waals surface area contributed by atoms with Crippen LogP contribution < -0.4 is 10.6 Å². The molecule has 24 heavy (non-hydrogen) atoms. The zero-order valence-corrected chi connectivity index (χ0v) is 15.1. The number of Topliss-reactive ketones (excluding diaryl/α,β-unsaturated/α-hetero) is 2. The van der Waals surface area contributed by atoms with Crippen molar-refractivity contribution in [1.82, 2.24) is 10.6 Å². The van der Waals surface area contributed by atoms with Gasteiger partial charge in [0.1, 0.15) is 11.2 Å². The standard InChI is InChI=1S/C16H26N2O6/c1-10(11(19)8-17-13(21)23-15(2,3)4)12(20)9-18-14(22)24-16(5,6)7/h1,8-9H2,2-7H3,(H,17,21)(H,18,22). The molecule has 0 aliphatic heterocycles. The highest BCUT2D eigenvalue weighted by Gasteiger charge is 2.21. The number of rotatable bonds is 6. The molecule has 0 aromatic rings. The van der Waals surface area contributed by atoms with Crippen LogP contribution >= 0.6 is 0 Å². The summed E-state index contributed by atoms with van der Waals surface area (Å²) in [6, 6.07) is 0. The van der Waals surface area contributed by atoms with Crippen molar-refractivity contribution in [2.24, 2.45) is 0 Å². The van der Waals surface area contributed by atoms with Crippen LogP contribution in [0.15, 0.2) is 12.2 Å². The van der Waals surface area contributed by atoms with E-state index in [9.17, 15) is 19.2 Å². The first-order valence-electron chi connectivity index (χ1n) is 7.40. The molecule has 0 saturated heterocycles. The van der Waals surface area contributed by atoms with Gasteiger partial charge in [0.25, 0.3) is 0 Å². The number of hydrogen-bond acceptors (Lipinski definition) is 6. The van der Waals surface area contributed by atoms with E-state index in [4.69, 9.17) is 9.47 Å². The molecule has 2 N–H and O–H groups in total. The van der Waals surface area contributed by atoms with Crippen LogP contribution in [0.3, 0.4) is 0 Å². The van der Waals surface area contributed by atoms with Gasteiger partial charge in [-0.05, 0) is 41.5 Å². The van der Waals surface area contributed by atoms with Gasteiger partial charge < -0.3 is 20.1 Å². The normalized spacial score (nSPS) is 11.2. The molecule has 136 valence electrons. The molecule has 0 spiro atoms. The zero-order valence-electron chi connectivity index (χ0n) is 15.1. The molecule has 0 saturated carbocycles. The molecule has 0 rings (SSSR count). The average Bonchev–Trinajstić information content (AvgIpc) is 2.37. The van der Waals surface area contributed by atoms with Crippen molar-refractivity contribution in [2.75, 3.05) is 13.1 Å². The van der Waals surface area contributed by atoms with Crippen molar-refractivity contribution in [3.63, 3.8) is 0 Å². The summed E-state index contributed by atoms with van der Waals surface area (Å²) in [5, 5.41) is 4.47. The van der Waals surface area contributed by atoms with Crippen LogP contribution in [-0.2, 0) is 19.1 Å². The smallest absolute Gasteiger partial charge is 0.408 e. The highest BCUT2D eigenvalue weighted by Crippen LogP contribution is 2.07. The van der Waals surface area contributed by atoms with E-state index < -0.39 is 48.0 Å². The highest BCUT2D eigenvalue weighted by molar-refractivity contribution is 6.21. The van der Waals surface area contributed by atoms with Crippen molar-refractivity contribution in [3.8, 4) is 0 Å². The largest absolute Gasteiger partial charge is 0.444 e. The maximum absolute atomic E-state index is 11.8. The Morgan fingerprint density at radius 3 is 1.29 bits per heavy atom. The minimum atomic E-state index is -0.775. The predicted octanol–water partition coefficient (Wildman–Crippen LogP) is 1.73. The number of ether oxygens (including phenoxy) is 2. The van der Waals surface area contributed by atoms with E-state index in [0.29, 0.717) is 0 Å². The van der Waals surface area contributed by atoms with E-state index in [2.05, 4.69) is 17.2 Å². The molecule has 0 aliphatic rings. The Hall–Kier alpha value is -2.38.